The van der Waals surface area contributed by atoms with Crippen molar-refractivity contribution in [2.75, 3.05) is 0 Å². The predicted molar refractivity (Wildman–Crippen MR) is 73.3 cm³/mol. The van der Waals surface area contributed by atoms with Crippen molar-refractivity contribution in [1.82, 2.24) is 20.3 Å². The fourth-order valence-electron chi connectivity index (χ4n) is 1.60. The zero-order valence-corrected chi connectivity index (χ0v) is 12.4. The molecule has 2 rings (SSSR count). The lowest BCUT2D eigenvalue weighted by molar-refractivity contribution is 0.232. The summed E-state index contributed by atoms with van der Waals surface area (Å²) in [6.45, 7) is 8.43. The number of aryl methyl sites for hydroxylation is 3. The van der Waals surface area contributed by atoms with Gasteiger partial charge in [-0.05, 0) is 31.7 Å². The largest absolute Gasteiger partial charge is 0.466 e. The molecule has 0 aliphatic heterocycles. The van der Waals surface area contributed by atoms with Crippen LogP contribution < -0.4 is 4.74 Å². The third kappa shape index (κ3) is 4.01. The Morgan fingerprint density at radius 2 is 2.05 bits per heavy atom. The van der Waals surface area contributed by atoms with Gasteiger partial charge in [-0.2, -0.15) is 10.1 Å². The van der Waals surface area contributed by atoms with Gasteiger partial charge >= 0.3 is 0 Å². The molecule has 108 valence electrons. The normalized spacial score (nSPS) is 11.1. The zero-order valence-electron chi connectivity index (χ0n) is 12.4. The van der Waals surface area contributed by atoms with Gasteiger partial charge in [-0.1, -0.05) is 19.0 Å². The lowest BCUT2D eigenvalue weighted by Gasteiger charge is -2.03. The van der Waals surface area contributed by atoms with Crippen LogP contribution in [-0.4, -0.2) is 20.3 Å². The second-order valence-corrected chi connectivity index (χ2v) is 5.28. The van der Waals surface area contributed by atoms with Gasteiger partial charge in [0.2, 0.25) is 5.88 Å². The van der Waals surface area contributed by atoms with Crippen molar-refractivity contribution in [3.05, 3.63) is 29.0 Å². The highest BCUT2D eigenvalue weighted by Gasteiger charge is 2.09. The minimum Gasteiger partial charge on any atom is -0.466 e. The second-order valence-electron chi connectivity index (χ2n) is 5.28. The Balaban J connectivity index is 1.89. The van der Waals surface area contributed by atoms with E-state index >= 15 is 0 Å². The standard InChI is InChI=1S/C14H20N4O2/c1-9(2)5-6-12-15-14(20-18-12)8-19-13-7-10(3)11(4)16-17-13/h7,9H,5-6,8H2,1-4H3. The summed E-state index contributed by atoms with van der Waals surface area (Å²) in [5.74, 6) is 2.28. The maximum atomic E-state index is 5.50. The summed E-state index contributed by atoms with van der Waals surface area (Å²) >= 11 is 0. The molecular weight excluding hydrogens is 256 g/mol. The van der Waals surface area contributed by atoms with E-state index in [1.165, 1.54) is 0 Å². The molecule has 0 aromatic carbocycles. The van der Waals surface area contributed by atoms with Crippen LogP contribution in [0, 0.1) is 19.8 Å². The molecule has 2 heterocycles. The molecule has 0 aliphatic rings. The molecule has 0 N–H and O–H groups in total. The molecule has 0 bridgehead atoms. The Bertz CT molecular complexity index is 566. The first-order valence-electron chi connectivity index (χ1n) is 6.79. The SMILES string of the molecule is Cc1cc(OCc2nc(CCC(C)C)no2)nnc1C. The van der Waals surface area contributed by atoms with Crippen LogP contribution in [0.25, 0.3) is 0 Å². The van der Waals surface area contributed by atoms with Crippen molar-refractivity contribution >= 4 is 0 Å². The number of aromatic nitrogens is 4. The maximum absolute atomic E-state index is 5.50. The Labute approximate surface area is 118 Å². The molecule has 0 atom stereocenters. The van der Waals surface area contributed by atoms with Crippen LogP contribution in [0.1, 0.15) is 43.2 Å². The molecule has 0 radical (unpaired) electrons. The third-order valence-corrected chi connectivity index (χ3v) is 3.01. The fourth-order valence-corrected chi connectivity index (χ4v) is 1.60. The van der Waals surface area contributed by atoms with Crippen molar-refractivity contribution in [3.8, 4) is 5.88 Å². The molecule has 0 aliphatic carbocycles. The Morgan fingerprint density at radius 1 is 1.25 bits per heavy atom. The van der Waals surface area contributed by atoms with Crippen LogP contribution in [0.3, 0.4) is 0 Å². The van der Waals surface area contributed by atoms with Crippen molar-refractivity contribution in [1.29, 1.82) is 0 Å². The molecule has 20 heavy (non-hydrogen) atoms. The lowest BCUT2D eigenvalue weighted by atomic mass is 10.1. The van der Waals surface area contributed by atoms with E-state index in [0.29, 0.717) is 17.7 Å². The van der Waals surface area contributed by atoms with E-state index in [0.717, 1.165) is 29.9 Å². The van der Waals surface area contributed by atoms with E-state index in [1.807, 2.05) is 19.9 Å². The molecule has 0 fully saturated rings. The van der Waals surface area contributed by atoms with Gasteiger partial charge in [0.15, 0.2) is 12.4 Å². The van der Waals surface area contributed by atoms with Crippen molar-refractivity contribution < 1.29 is 9.26 Å². The van der Waals surface area contributed by atoms with Crippen LogP contribution >= 0.6 is 0 Å². The summed E-state index contributed by atoms with van der Waals surface area (Å²) in [6, 6.07) is 1.85. The van der Waals surface area contributed by atoms with Gasteiger partial charge in [-0.15, -0.1) is 5.10 Å². The molecule has 6 heteroatoms. The summed E-state index contributed by atoms with van der Waals surface area (Å²) in [5.41, 5.74) is 1.93. The Kier molecular flexibility index (Phi) is 4.65. The Hall–Kier alpha value is -1.98. The Morgan fingerprint density at radius 3 is 2.75 bits per heavy atom. The van der Waals surface area contributed by atoms with E-state index in [4.69, 9.17) is 9.26 Å². The topological polar surface area (TPSA) is 73.9 Å². The van der Waals surface area contributed by atoms with E-state index in [2.05, 4.69) is 34.2 Å². The van der Waals surface area contributed by atoms with Gasteiger partial charge in [0.25, 0.3) is 5.89 Å². The number of hydrogen-bond acceptors (Lipinski definition) is 6. The van der Waals surface area contributed by atoms with Crippen LogP contribution in [0.4, 0.5) is 0 Å². The molecule has 0 spiro atoms. The summed E-state index contributed by atoms with van der Waals surface area (Å²) in [7, 11) is 0. The molecule has 2 aromatic rings. The smallest absolute Gasteiger partial charge is 0.264 e. The molecule has 0 saturated heterocycles. The predicted octanol–water partition coefficient (Wildman–Crippen LogP) is 2.64. The van der Waals surface area contributed by atoms with E-state index in [9.17, 15) is 0 Å². The van der Waals surface area contributed by atoms with E-state index in [1.54, 1.807) is 0 Å². The van der Waals surface area contributed by atoms with Gasteiger partial charge in [0.1, 0.15) is 0 Å². The lowest BCUT2D eigenvalue weighted by Crippen LogP contribution is -2.01. The molecule has 0 unspecified atom stereocenters. The first-order valence-corrected chi connectivity index (χ1v) is 6.79. The van der Waals surface area contributed by atoms with E-state index in [-0.39, 0.29) is 6.61 Å². The van der Waals surface area contributed by atoms with Gasteiger partial charge < -0.3 is 9.26 Å². The summed E-state index contributed by atoms with van der Waals surface area (Å²) in [6.07, 6.45) is 1.87. The van der Waals surface area contributed by atoms with Crippen LogP contribution in [0.5, 0.6) is 5.88 Å². The first kappa shape index (κ1) is 14.4. The number of rotatable bonds is 6. The first-order chi connectivity index (χ1) is 9.54. The van der Waals surface area contributed by atoms with Gasteiger partial charge in [0.05, 0.1) is 5.69 Å². The van der Waals surface area contributed by atoms with Crippen molar-refractivity contribution in [2.45, 2.75) is 47.1 Å². The molecule has 0 saturated carbocycles. The summed E-state index contributed by atoms with van der Waals surface area (Å²) in [4.78, 5) is 4.29. The molecule has 2 aromatic heterocycles. The monoisotopic (exact) mass is 276 g/mol. The highest BCUT2D eigenvalue weighted by molar-refractivity contribution is 5.21. The van der Waals surface area contributed by atoms with Gasteiger partial charge in [-0.3, -0.25) is 0 Å². The van der Waals surface area contributed by atoms with Gasteiger partial charge in [-0.25, -0.2) is 0 Å². The maximum Gasteiger partial charge on any atom is 0.264 e. The third-order valence-electron chi connectivity index (χ3n) is 3.01. The van der Waals surface area contributed by atoms with Crippen molar-refractivity contribution in [2.24, 2.45) is 5.92 Å². The highest BCUT2D eigenvalue weighted by atomic mass is 16.5. The van der Waals surface area contributed by atoms with E-state index < -0.39 is 0 Å². The number of ether oxygens (including phenoxy) is 1. The molecule has 0 amide bonds. The highest BCUT2D eigenvalue weighted by Crippen LogP contribution is 2.12. The van der Waals surface area contributed by atoms with Gasteiger partial charge in [0, 0.05) is 12.5 Å². The zero-order chi connectivity index (χ0) is 14.5. The van der Waals surface area contributed by atoms with Crippen LogP contribution in [0.2, 0.25) is 0 Å². The fraction of sp³-hybridized carbons (Fsp3) is 0.571. The van der Waals surface area contributed by atoms with Crippen molar-refractivity contribution in [3.63, 3.8) is 0 Å². The quantitative estimate of drug-likeness (QED) is 0.807. The summed E-state index contributed by atoms with van der Waals surface area (Å²) in [5, 5.41) is 11.9. The number of nitrogens with zero attached hydrogens (tertiary/aromatic N) is 4. The second kappa shape index (κ2) is 6.45. The molecular formula is C14H20N4O2. The minimum atomic E-state index is 0.214. The average molecular weight is 276 g/mol. The minimum absolute atomic E-state index is 0.214. The number of hydrogen-bond donors (Lipinski definition) is 0. The van der Waals surface area contributed by atoms with Crippen LogP contribution in [-0.2, 0) is 13.0 Å². The average Bonchev–Trinajstić information content (AvgIpc) is 2.86. The van der Waals surface area contributed by atoms with Crippen LogP contribution in [0.15, 0.2) is 10.6 Å². The molecule has 6 nitrogen and oxygen atoms in total. The summed E-state index contributed by atoms with van der Waals surface area (Å²) < 4.78 is 10.6.